The molecular formula is C24H34N2O3. The number of ether oxygens (including phenoxy) is 2. The molecule has 0 radical (unpaired) electrons. The summed E-state index contributed by atoms with van der Waals surface area (Å²) in [5.41, 5.74) is 3.88. The Kier molecular flexibility index (Phi) is 8.07. The molecular weight excluding hydrogens is 364 g/mol. The van der Waals surface area contributed by atoms with Crippen molar-refractivity contribution in [2.75, 3.05) is 40.9 Å². The number of aliphatic hydroxyl groups is 1. The third-order valence-electron chi connectivity index (χ3n) is 5.65. The fraction of sp³-hybridized carbons (Fsp3) is 0.500. The molecule has 0 aromatic heterocycles. The van der Waals surface area contributed by atoms with Crippen LogP contribution in [0.25, 0.3) is 0 Å². The highest BCUT2D eigenvalue weighted by molar-refractivity contribution is 5.31. The zero-order valence-corrected chi connectivity index (χ0v) is 17.8. The Morgan fingerprint density at radius 3 is 2.59 bits per heavy atom. The van der Waals surface area contributed by atoms with E-state index >= 15 is 0 Å². The van der Waals surface area contributed by atoms with Crippen molar-refractivity contribution in [2.45, 2.75) is 37.5 Å². The number of methoxy groups -OCH3 is 1. The van der Waals surface area contributed by atoms with Gasteiger partial charge in [0.1, 0.15) is 5.75 Å². The summed E-state index contributed by atoms with van der Waals surface area (Å²) in [4.78, 5) is 2.18. The molecule has 29 heavy (non-hydrogen) atoms. The minimum atomic E-state index is -0.525. The number of rotatable bonds is 10. The van der Waals surface area contributed by atoms with Crippen LogP contribution < -0.4 is 10.1 Å². The van der Waals surface area contributed by atoms with E-state index < -0.39 is 6.10 Å². The number of aryl methyl sites for hydroxylation is 1. The van der Waals surface area contributed by atoms with E-state index in [4.69, 9.17) is 9.47 Å². The van der Waals surface area contributed by atoms with Crippen LogP contribution in [0.1, 0.15) is 41.7 Å². The van der Waals surface area contributed by atoms with Gasteiger partial charge in [-0.2, -0.15) is 0 Å². The normalized spacial score (nSPS) is 18.3. The summed E-state index contributed by atoms with van der Waals surface area (Å²) in [5.74, 6) is 0.857. The molecule has 0 amide bonds. The minimum absolute atomic E-state index is 0.100. The molecule has 0 fully saturated rings. The summed E-state index contributed by atoms with van der Waals surface area (Å²) in [6.45, 7) is 1.61. The average Bonchev–Trinajstić information content (AvgIpc) is 2.75. The molecule has 2 N–H and O–H groups in total. The summed E-state index contributed by atoms with van der Waals surface area (Å²) in [6.07, 6.45) is 2.86. The van der Waals surface area contributed by atoms with Gasteiger partial charge >= 0.3 is 0 Å². The number of fused-ring (bicyclic) bond motifs is 1. The smallest absolute Gasteiger partial charge is 0.118 e. The van der Waals surface area contributed by atoms with E-state index in [0.29, 0.717) is 13.2 Å². The highest BCUT2D eigenvalue weighted by atomic mass is 16.5. The van der Waals surface area contributed by atoms with Crippen molar-refractivity contribution in [3.8, 4) is 5.75 Å². The summed E-state index contributed by atoms with van der Waals surface area (Å²) >= 11 is 0. The molecule has 2 aromatic rings. The summed E-state index contributed by atoms with van der Waals surface area (Å²) in [6, 6.07) is 16.9. The first-order valence-electron chi connectivity index (χ1n) is 10.5. The maximum atomic E-state index is 10.4. The van der Waals surface area contributed by atoms with Crippen LogP contribution in [0.5, 0.6) is 5.75 Å². The van der Waals surface area contributed by atoms with Gasteiger partial charge in [0.2, 0.25) is 0 Å². The molecule has 1 aliphatic rings. The maximum absolute atomic E-state index is 10.4. The van der Waals surface area contributed by atoms with E-state index in [1.807, 2.05) is 12.1 Å². The summed E-state index contributed by atoms with van der Waals surface area (Å²) in [5, 5.41) is 13.8. The van der Waals surface area contributed by atoms with E-state index in [1.54, 1.807) is 7.11 Å². The first-order valence-corrected chi connectivity index (χ1v) is 10.5. The molecule has 0 unspecified atom stereocenters. The van der Waals surface area contributed by atoms with Gasteiger partial charge in [0.05, 0.1) is 25.9 Å². The van der Waals surface area contributed by atoms with Crippen LogP contribution >= 0.6 is 0 Å². The summed E-state index contributed by atoms with van der Waals surface area (Å²) in [7, 11) is 5.81. The summed E-state index contributed by atoms with van der Waals surface area (Å²) < 4.78 is 11.3. The quantitative estimate of drug-likeness (QED) is 0.643. The molecule has 0 saturated carbocycles. The number of likely N-dealkylation sites (N-methyl/N-ethyl adjacent to an activating group) is 1. The van der Waals surface area contributed by atoms with Gasteiger partial charge in [-0.05, 0) is 62.2 Å². The second-order valence-corrected chi connectivity index (χ2v) is 7.98. The molecule has 0 bridgehead atoms. The van der Waals surface area contributed by atoms with Crippen LogP contribution in [0.4, 0.5) is 0 Å². The number of hydrogen-bond acceptors (Lipinski definition) is 5. The van der Waals surface area contributed by atoms with Crippen molar-refractivity contribution >= 4 is 0 Å². The predicted octanol–water partition coefficient (Wildman–Crippen LogP) is 3.34. The third kappa shape index (κ3) is 6.03. The fourth-order valence-corrected chi connectivity index (χ4v) is 3.98. The standard InChI is InChI=1S/C24H34N2O3/c1-26(2)23(19-11-13-21(28-3)14-12-19)16-25-15-20(27)17-29-24-10-6-8-18-7-4-5-9-22(18)24/h4-5,7,9,11-14,20,23-25,27H,6,8,10,15-17H2,1-3H3/t20-,23-,24+/m0/s1. The lowest BCUT2D eigenvalue weighted by Crippen LogP contribution is -2.37. The predicted molar refractivity (Wildman–Crippen MR) is 116 cm³/mol. The maximum Gasteiger partial charge on any atom is 0.118 e. The van der Waals surface area contributed by atoms with Crippen molar-refractivity contribution < 1.29 is 14.6 Å². The lowest BCUT2D eigenvalue weighted by molar-refractivity contribution is -0.0169. The van der Waals surface area contributed by atoms with E-state index in [2.05, 4.69) is 60.7 Å². The van der Waals surface area contributed by atoms with Crippen LogP contribution in [-0.2, 0) is 11.2 Å². The second kappa shape index (κ2) is 10.7. The van der Waals surface area contributed by atoms with Crippen molar-refractivity contribution in [3.63, 3.8) is 0 Å². The molecule has 3 rings (SSSR count). The van der Waals surface area contributed by atoms with Crippen molar-refractivity contribution in [3.05, 3.63) is 65.2 Å². The van der Waals surface area contributed by atoms with E-state index in [-0.39, 0.29) is 12.1 Å². The molecule has 0 aliphatic heterocycles. The monoisotopic (exact) mass is 398 g/mol. The first-order chi connectivity index (χ1) is 14.1. The Morgan fingerprint density at radius 2 is 1.86 bits per heavy atom. The number of benzene rings is 2. The molecule has 0 saturated heterocycles. The van der Waals surface area contributed by atoms with E-state index in [1.165, 1.54) is 16.7 Å². The molecule has 3 atom stereocenters. The van der Waals surface area contributed by atoms with Crippen molar-refractivity contribution in [1.29, 1.82) is 0 Å². The minimum Gasteiger partial charge on any atom is -0.497 e. The zero-order valence-electron chi connectivity index (χ0n) is 17.8. The number of nitrogens with zero attached hydrogens (tertiary/aromatic N) is 1. The van der Waals surface area contributed by atoms with Gasteiger partial charge in [-0.3, -0.25) is 0 Å². The van der Waals surface area contributed by atoms with Gasteiger partial charge < -0.3 is 24.8 Å². The van der Waals surface area contributed by atoms with Crippen LogP contribution in [0, 0.1) is 0 Å². The average molecular weight is 399 g/mol. The van der Waals surface area contributed by atoms with Gasteiger partial charge in [0, 0.05) is 19.1 Å². The molecule has 2 aromatic carbocycles. The van der Waals surface area contributed by atoms with Gasteiger partial charge in [-0.15, -0.1) is 0 Å². The molecule has 5 nitrogen and oxygen atoms in total. The highest BCUT2D eigenvalue weighted by Gasteiger charge is 2.21. The van der Waals surface area contributed by atoms with Gasteiger partial charge in [-0.25, -0.2) is 0 Å². The second-order valence-electron chi connectivity index (χ2n) is 7.98. The number of nitrogens with one attached hydrogen (secondary N) is 1. The Bertz CT molecular complexity index is 748. The topological polar surface area (TPSA) is 54.0 Å². The van der Waals surface area contributed by atoms with Crippen LogP contribution in [0.2, 0.25) is 0 Å². The molecule has 158 valence electrons. The van der Waals surface area contributed by atoms with Crippen molar-refractivity contribution in [2.24, 2.45) is 0 Å². The first kappa shape index (κ1) is 21.8. The van der Waals surface area contributed by atoms with Crippen LogP contribution in [0.3, 0.4) is 0 Å². The van der Waals surface area contributed by atoms with Crippen LogP contribution in [-0.4, -0.2) is 57.0 Å². The SMILES string of the molecule is COc1ccc([C@H](CNC[C@H](O)CO[C@@H]2CCCc3ccccc32)N(C)C)cc1. The largest absolute Gasteiger partial charge is 0.497 e. The number of hydrogen-bond donors (Lipinski definition) is 2. The molecule has 0 spiro atoms. The van der Waals surface area contributed by atoms with Crippen LogP contribution in [0.15, 0.2) is 48.5 Å². The fourth-order valence-electron chi connectivity index (χ4n) is 3.98. The Balaban J connectivity index is 1.45. The highest BCUT2D eigenvalue weighted by Crippen LogP contribution is 2.32. The van der Waals surface area contributed by atoms with E-state index in [0.717, 1.165) is 31.6 Å². The van der Waals surface area contributed by atoms with E-state index in [9.17, 15) is 5.11 Å². The Morgan fingerprint density at radius 1 is 1.10 bits per heavy atom. The molecule has 1 aliphatic carbocycles. The Hall–Kier alpha value is -1.92. The third-order valence-corrected chi connectivity index (χ3v) is 5.65. The van der Waals surface area contributed by atoms with Crippen molar-refractivity contribution in [1.82, 2.24) is 10.2 Å². The number of aliphatic hydroxyl groups excluding tert-OH is 1. The van der Waals surface area contributed by atoms with Gasteiger partial charge in [0.25, 0.3) is 0 Å². The molecule has 5 heteroatoms. The lowest BCUT2D eigenvalue weighted by Gasteiger charge is -2.28. The van der Waals surface area contributed by atoms with Gasteiger partial charge in [0.15, 0.2) is 0 Å². The Labute approximate surface area is 174 Å². The lowest BCUT2D eigenvalue weighted by atomic mass is 9.89. The zero-order chi connectivity index (χ0) is 20.6. The molecule has 0 heterocycles. The van der Waals surface area contributed by atoms with Gasteiger partial charge in [-0.1, -0.05) is 36.4 Å².